The van der Waals surface area contributed by atoms with Crippen LogP contribution in [0.3, 0.4) is 0 Å². The number of rotatable bonds is 4. The Kier molecular flexibility index (Phi) is 3.84. The first kappa shape index (κ1) is 14.2. The van der Waals surface area contributed by atoms with Gasteiger partial charge in [-0.1, -0.05) is 19.9 Å². The van der Waals surface area contributed by atoms with Gasteiger partial charge in [0.25, 0.3) is 0 Å². The minimum absolute atomic E-state index is 0.113. The van der Waals surface area contributed by atoms with Gasteiger partial charge >= 0.3 is 5.97 Å². The number of carboxylic acids is 1. The zero-order chi connectivity index (χ0) is 14.9. The minimum Gasteiger partial charge on any atom is -0.496 e. The lowest BCUT2D eigenvalue weighted by Crippen LogP contribution is -1.99. The molecule has 2 aromatic rings. The molecule has 0 aliphatic heterocycles. The van der Waals surface area contributed by atoms with Gasteiger partial charge < -0.3 is 14.4 Å². The van der Waals surface area contributed by atoms with Gasteiger partial charge in [-0.25, -0.2) is 4.79 Å². The Labute approximate surface area is 118 Å². The standard InChI is InChI=1S/C16H19NO3/c1-10(2)11(8-15(18)19)12-9-17(3)13-6-5-7-14(20-4)16(12)13/h5-10H,1-4H3,(H,18,19)/b11-8+. The zero-order valence-electron chi connectivity index (χ0n) is 12.2. The molecular weight excluding hydrogens is 254 g/mol. The number of nitrogens with zero attached hydrogens (tertiary/aromatic N) is 1. The fourth-order valence-electron chi connectivity index (χ4n) is 2.49. The van der Waals surface area contributed by atoms with Crippen LogP contribution in [0.25, 0.3) is 16.5 Å². The van der Waals surface area contributed by atoms with Crippen LogP contribution in [0.5, 0.6) is 5.75 Å². The molecule has 0 atom stereocenters. The first-order valence-electron chi connectivity index (χ1n) is 6.52. The van der Waals surface area contributed by atoms with Gasteiger partial charge in [-0.05, 0) is 23.6 Å². The van der Waals surface area contributed by atoms with E-state index in [0.717, 1.165) is 27.8 Å². The fourth-order valence-corrected chi connectivity index (χ4v) is 2.49. The number of aryl methyl sites for hydroxylation is 1. The summed E-state index contributed by atoms with van der Waals surface area (Å²) in [5.41, 5.74) is 2.74. The summed E-state index contributed by atoms with van der Waals surface area (Å²) in [6.07, 6.45) is 3.24. The SMILES string of the molecule is COc1cccc2c1c(/C(=C/C(=O)O)C(C)C)cn2C. The summed E-state index contributed by atoms with van der Waals surface area (Å²) >= 11 is 0. The number of aliphatic carboxylic acids is 1. The van der Waals surface area contributed by atoms with Crippen LogP contribution in [-0.4, -0.2) is 22.8 Å². The Morgan fingerprint density at radius 2 is 2.10 bits per heavy atom. The van der Waals surface area contributed by atoms with Gasteiger partial charge in [-0.2, -0.15) is 0 Å². The molecule has 106 valence electrons. The highest BCUT2D eigenvalue weighted by atomic mass is 16.5. The summed E-state index contributed by atoms with van der Waals surface area (Å²) in [5, 5.41) is 10.0. The molecule has 1 aromatic heterocycles. The maximum atomic E-state index is 11.1. The van der Waals surface area contributed by atoms with Gasteiger partial charge in [0.05, 0.1) is 12.6 Å². The Bertz CT molecular complexity index is 680. The second-order valence-electron chi connectivity index (χ2n) is 5.10. The third-order valence-corrected chi connectivity index (χ3v) is 3.41. The third kappa shape index (κ3) is 2.41. The van der Waals surface area contributed by atoms with Gasteiger partial charge in [-0.3, -0.25) is 0 Å². The van der Waals surface area contributed by atoms with E-state index in [1.54, 1.807) is 7.11 Å². The lowest BCUT2D eigenvalue weighted by Gasteiger charge is -2.11. The third-order valence-electron chi connectivity index (χ3n) is 3.41. The van der Waals surface area contributed by atoms with Crippen LogP contribution in [0.15, 0.2) is 30.5 Å². The highest BCUT2D eigenvalue weighted by Gasteiger charge is 2.17. The first-order chi connectivity index (χ1) is 9.45. The van der Waals surface area contributed by atoms with E-state index in [2.05, 4.69) is 0 Å². The molecule has 2 rings (SSSR count). The van der Waals surface area contributed by atoms with Crippen molar-refractivity contribution in [1.82, 2.24) is 4.57 Å². The van der Waals surface area contributed by atoms with Gasteiger partial charge in [0.1, 0.15) is 5.75 Å². The maximum absolute atomic E-state index is 11.1. The van der Waals surface area contributed by atoms with E-state index in [1.807, 2.05) is 49.9 Å². The highest BCUT2D eigenvalue weighted by Crippen LogP contribution is 2.36. The van der Waals surface area contributed by atoms with Crippen molar-refractivity contribution in [1.29, 1.82) is 0 Å². The second kappa shape index (κ2) is 5.41. The molecule has 4 heteroatoms. The predicted octanol–water partition coefficient (Wildman–Crippen LogP) is 3.31. The normalized spacial score (nSPS) is 12.2. The van der Waals surface area contributed by atoms with Gasteiger partial charge in [-0.15, -0.1) is 0 Å². The van der Waals surface area contributed by atoms with Crippen LogP contribution >= 0.6 is 0 Å². The summed E-state index contributed by atoms with van der Waals surface area (Å²) in [5.74, 6) is -0.0581. The Morgan fingerprint density at radius 3 is 2.65 bits per heavy atom. The van der Waals surface area contributed by atoms with Crippen LogP contribution in [-0.2, 0) is 11.8 Å². The molecule has 20 heavy (non-hydrogen) atoms. The predicted molar refractivity (Wildman–Crippen MR) is 79.9 cm³/mol. The number of ether oxygens (including phenoxy) is 1. The van der Waals surface area contributed by atoms with Crippen molar-refractivity contribution < 1.29 is 14.6 Å². The molecule has 0 unspecified atom stereocenters. The molecule has 0 radical (unpaired) electrons. The number of methoxy groups -OCH3 is 1. The summed E-state index contributed by atoms with van der Waals surface area (Å²) in [7, 11) is 3.57. The van der Waals surface area contributed by atoms with Crippen LogP contribution < -0.4 is 4.74 Å². The van der Waals surface area contributed by atoms with Crippen molar-refractivity contribution in [2.75, 3.05) is 7.11 Å². The molecule has 0 saturated heterocycles. The fraction of sp³-hybridized carbons (Fsp3) is 0.312. The van der Waals surface area contributed by atoms with Crippen LogP contribution in [0.1, 0.15) is 19.4 Å². The average Bonchev–Trinajstić information content (AvgIpc) is 2.73. The zero-order valence-corrected chi connectivity index (χ0v) is 12.2. The largest absolute Gasteiger partial charge is 0.496 e. The molecule has 1 heterocycles. The monoisotopic (exact) mass is 273 g/mol. The van der Waals surface area contributed by atoms with Gasteiger partial charge in [0.15, 0.2) is 0 Å². The number of hydrogen-bond acceptors (Lipinski definition) is 2. The number of fused-ring (bicyclic) bond motifs is 1. The van der Waals surface area contributed by atoms with E-state index >= 15 is 0 Å². The van der Waals surface area contributed by atoms with E-state index in [9.17, 15) is 4.79 Å². The summed E-state index contributed by atoms with van der Waals surface area (Å²) in [6, 6.07) is 5.82. The molecular formula is C16H19NO3. The van der Waals surface area contributed by atoms with E-state index in [-0.39, 0.29) is 5.92 Å². The molecule has 1 aromatic carbocycles. The smallest absolute Gasteiger partial charge is 0.328 e. The average molecular weight is 273 g/mol. The van der Waals surface area contributed by atoms with E-state index in [1.165, 1.54) is 6.08 Å². The summed E-state index contributed by atoms with van der Waals surface area (Å²) in [4.78, 5) is 11.1. The Balaban J connectivity index is 2.79. The lowest BCUT2D eigenvalue weighted by molar-refractivity contribution is -0.131. The number of aromatic nitrogens is 1. The number of carboxylic acid groups (broad SMARTS) is 1. The molecule has 0 spiro atoms. The highest BCUT2D eigenvalue weighted by molar-refractivity contribution is 6.01. The molecule has 4 nitrogen and oxygen atoms in total. The minimum atomic E-state index is -0.930. The topological polar surface area (TPSA) is 51.5 Å². The lowest BCUT2D eigenvalue weighted by atomic mass is 9.94. The van der Waals surface area contributed by atoms with Crippen molar-refractivity contribution >= 4 is 22.4 Å². The van der Waals surface area contributed by atoms with Crippen LogP contribution in [0.2, 0.25) is 0 Å². The van der Waals surface area contributed by atoms with Crippen molar-refractivity contribution in [3.8, 4) is 5.75 Å². The number of hydrogen-bond donors (Lipinski definition) is 1. The van der Waals surface area contributed by atoms with Gasteiger partial charge in [0.2, 0.25) is 0 Å². The number of benzene rings is 1. The van der Waals surface area contributed by atoms with Crippen LogP contribution in [0, 0.1) is 5.92 Å². The number of carbonyl (C=O) groups is 1. The molecule has 1 N–H and O–H groups in total. The van der Waals surface area contributed by atoms with Crippen molar-refractivity contribution in [3.63, 3.8) is 0 Å². The van der Waals surface area contributed by atoms with Crippen molar-refractivity contribution in [2.45, 2.75) is 13.8 Å². The maximum Gasteiger partial charge on any atom is 0.328 e. The summed E-state index contributed by atoms with van der Waals surface area (Å²) < 4.78 is 7.42. The Hall–Kier alpha value is -2.23. The quantitative estimate of drug-likeness (QED) is 0.869. The summed E-state index contributed by atoms with van der Waals surface area (Å²) in [6.45, 7) is 3.98. The molecule has 0 aliphatic carbocycles. The van der Waals surface area contributed by atoms with Crippen molar-refractivity contribution in [2.24, 2.45) is 13.0 Å². The molecule has 0 bridgehead atoms. The number of allylic oxidation sites excluding steroid dienone is 1. The Morgan fingerprint density at radius 1 is 1.40 bits per heavy atom. The van der Waals surface area contributed by atoms with E-state index in [0.29, 0.717) is 0 Å². The molecule has 0 aliphatic rings. The second-order valence-corrected chi connectivity index (χ2v) is 5.10. The molecule has 0 fully saturated rings. The van der Waals surface area contributed by atoms with Gasteiger partial charge in [0, 0.05) is 30.3 Å². The van der Waals surface area contributed by atoms with Crippen molar-refractivity contribution in [3.05, 3.63) is 36.0 Å². The molecule has 0 saturated carbocycles. The first-order valence-corrected chi connectivity index (χ1v) is 6.52. The molecule has 0 amide bonds. The van der Waals surface area contributed by atoms with E-state index < -0.39 is 5.97 Å². The van der Waals surface area contributed by atoms with Crippen LogP contribution in [0.4, 0.5) is 0 Å². The van der Waals surface area contributed by atoms with E-state index in [4.69, 9.17) is 9.84 Å².